The molecule has 0 bridgehead atoms. The third-order valence-corrected chi connectivity index (χ3v) is 6.72. The highest BCUT2D eigenvalue weighted by atomic mass is 32.1. The number of nitrogens with one attached hydrogen (secondary N) is 2. The smallest absolute Gasteiger partial charge is 0.191 e. The van der Waals surface area contributed by atoms with E-state index >= 15 is 0 Å². The molecule has 2 aliphatic rings. The summed E-state index contributed by atoms with van der Waals surface area (Å²) in [6.45, 7) is 5.06. The Morgan fingerprint density at radius 1 is 1.23 bits per heavy atom. The van der Waals surface area contributed by atoms with Gasteiger partial charge in [-0.15, -0.1) is 11.3 Å². The molecule has 1 atom stereocenters. The predicted octanol–water partition coefficient (Wildman–Crippen LogP) is 2.74. The van der Waals surface area contributed by atoms with Crippen LogP contribution in [0, 0.1) is 0 Å². The minimum atomic E-state index is 0.363. The van der Waals surface area contributed by atoms with Gasteiger partial charge in [0.25, 0.3) is 0 Å². The summed E-state index contributed by atoms with van der Waals surface area (Å²) >= 11 is 1.76. The number of anilines is 2. The minimum Gasteiger partial charge on any atom is -0.495 e. The van der Waals surface area contributed by atoms with Crippen molar-refractivity contribution in [3.63, 3.8) is 0 Å². The molecule has 1 unspecified atom stereocenters. The van der Waals surface area contributed by atoms with E-state index in [1.54, 1.807) is 18.4 Å². The highest BCUT2D eigenvalue weighted by Gasteiger charge is 2.25. The second-order valence-corrected chi connectivity index (χ2v) is 8.65. The van der Waals surface area contributed by atoms with Gasteiger partial charge in [0.2, 0.25) is 0 Å². The van der Waals surface area contributed by atoms with Gasteiger partial charge in [0.05, 0.1) is 18.5 Å². The summed E-state index contributed by atoms with van der Waals surface area (Å²) in [6, 6.07) is 8.58. The van der Waals surface area contributed by atoms with Crippen molar-refractivity contribution < 1.29 is 4.74 Å². The Balaban J connectivity index is 1.23. The Hall–Kier alpha value is -2.48. The first-order valence-electron chi connectivity index (χ1n) is 10.8. The number of hydrogen-bond acceptors (Lipinski definition) is 6. The molecule has 8 heteroatoms. The normalized spacial score (nSPS) is 19.4. The Kier molecular flexibility index (Phi) is 6.94. The van der Waals surface area contributed by atoms with Crippen LogP contribution in [0.1, 0.15) is 25.0 Å². The summed E-state index contributed by atoms with van der Waals surface area (Å²) in [4.78, 5) is 14.0. The van der Waals surface area contributed by atoms with Crippen molar-refractivity contribution in [3.8, 4) is 5.75 Å². The molecule has 2 saturated heterocycles. The molecule has 162 valence electrons. The van der Waals surface area contributed by atoms with Gasteiger partial charge in [-0.3, -0.25) is 4.99 Å². The maximum Gasteiger partial charge on any atom is 0.191 e. The molecule has 0 radical (unpaired) electrons. The second-order valence-electron chi connectivity index (χ2n) is 7.81. The van der Waals surface area contributed by atoms with Crippen molar-refractivity contribution in [2.45, 2.75) is 31.7 Å². The maximum atomic E-state index is 5.52. The number of aromatic nitrogens is 1. The SMILES string of the molecule is CN=C(NCCc1csc(N2CCCC2)n1)NC1CCN(c2ccccc2OC)C1. The van der Waals surface area contributed by atoms with Crippen molar-refractivity contribution in [1.82, 2.24) is 15.6 Å². The van der Waals surface area contributed by atoms with Gasteiger partial charge in [-0.25, -0.2) is 4.98 Å². The monoisotopic (exact) mass is 428 g/mol. The summed E-state index contributed by atoms with van der Waals surface area (Å²) in [7, 11) is 3.56. The van der Waals surface area contributed by atoms with Crippen molar-refractivity contribution >= 4 is 28.1 Å². The number of benzene rings is 1. The molecule has 2 aromatic rings. The topological polar surface area (TPSA) is 65.0 Å². The van der Waals surface area contributed by atoms with E-state index in [4.69, 9.17) is 9.72 Å². The van der Waals surface area contributed by atoms with Gasteiger partial charge in [0.15, 0.2) is 11.1 Å². The zero-order valence-electron chi connectivity index (χ0n) is 17.9. The molecule has 3 heterocycles. The van der Waals surface area contributed by atoms with E-state index in [-0.39, 0.29) is 0 Å². The zero-order valence-corrected chi connectivity index (χ0v) is 18.7. The Labute approximate surface area is 183 Å². The first-order chi connectivity index (χ1) is 14.8. The largest absolute Gasteiger partial charge is 0.495 e. The van der Waals surface area contributed by atoms with Crippen LogP contribution in [0.2, 0.25) is 0 Å². The molecule has 1 aromatic heterocycles. The van der Waals surface area contributed by atoms with Crippen molar-refractivity contribution in [1.29, 1.82) is 0 Å². The molecular weight excluding hydrogens is 396 g/mol. The van der Waals surface area contributed by atoms with E-state index < -0.39 is 0 Å². The number of para-hydroxylation sites is 2. The van der Waals surface area contributed by atoms with Crippen molar-refractivity contribution in [3.05, 3.63) is 35.3 Å². The lowest BCUT2D eigenvalue weighted by Gasteiger charge is -2.22. The Bertz CT molecular complexity index is 848. The van der Waals surface area contributed by atoms with Crippen LogP contribution in [-0.2, 0) is 6.42 Å². The van der Waals surface area contributed by atoms with Gasteiger partial charge >= 0.3 is 0 Å². The van der Waals surface area contributed by atoms with Crippen LogP contribution in [0.4, 0.5) is 10.8 Å². The van der Waals surface area contributed by atoms with Gasteiger partial charge < -0.3 is 25.2 Å². The number of aliphatic imine (C=N–C) groups is 1. The zero-order chi connectivity index (χ0) is 20.8. The van der Waals surface area contributed by atoms with Crippen LogP contribution in [0.25, 0.3) is 0 Å². The summed E-state index contributed by atoms with van der Waals surface area (Å²) in [6.07, 6.45) is 4.55. The molecule has 0 spiro atoms. The predicted molar refractivity (Wildman–Crippen MR) is 125 cm³/mol. The minimum absolute atomic E-state index is 0.363. The molecule has 2 aliphatic heterocycles. The summed E-state index contributed by atoms with van der Waals surface area (Å²) in [5.41, 5.74) is 2.32. The van der Waals surface area contributed by atoms with Crippen LogP contribution in [0.3, 0.4) is 0 Å². The maximum absolute atomic E-state index is 5.52. The molecule has 0 amide bonds. The highest BCUT2D eigenvalue weighted by molar-refractivity contribution is 7.13. The van der Waals surface area contributed by atoms with Gasteiger partial charge in [0.1, 0.15) is 5.75 Å². The van der Waals surface area contributed by atoms with E-state index in [2.05, 4.69) is 42.9 Å². The fourth-order valence-corrected chi connectivity index (χ4v) is 5.06. The van der Waals surface area contributed by atoms with Gasteiger partial charge in [-0.05, 0) is 31.4 Å². The first kappa shape index (κ1) is 20.8. The average molecular weight is 429 g/mol. The molecular formula is C22H32N6OS. The van der Waals surface area contributed by atoms with Crippen LogP contribution in [0.15, 0.2) is 34.6 Å². The van der Waals surface area contributed by atoms with Crippen LogP contribution in [-0.4, -0.2) is 63.9 Å². The fourth-order valence-electron chi connectivity index (χ4n) is 4.15. The van der Waals surface area contributed by atoms with Gasteiger partial charge in [0, 0.05) is 57.6 Å². The number of thiazole rings is 1. The van der Waals surface area contributed by atoms with Gasteiger partial charge in [-0.2, -0.15) is 0 Å². The number of guanidine groups is 1. The van der Waals surface area contributed by atoms with E-state index in [1.165, 1.54) is 18.0 Å². The summed E-state index contributed by atoms with van der Waals surface area (Å²) in [5, 5.41) is 10.4. The fraction of sp³-hybridized carbons (Fsp3) is 0.545. The van der Waals surface area contributed by atoms with Crippen molar-refractivity contribution in [2.24, 2.45) is 4.99 Å². The molecule has 2 N–H and O–H groups in total. The summed E-state index contributed by atoms with van der Waals surface area (Å²) in [5.74, 6) is 1.79. The Morgan fingerprint density at radius 2 is 2.07 bits per heavy atom. The molecule has 7 nitrogen and oxygen atoms in total. The lowest BCUT2D eigenvalue weighted by Crippen LogP contribution is -2.45. The average Bonchev–Trinajstić information content (AvgIpc) is 3.54. The molecule has 1 aromatic carbocycles. The summed E-state index contributed by atoms with van der Waals surface area (Å²) < 4.78 is 5.52. The van der Waals surface area contributed by atoms with E-state index in [0.29, 0.717) is 6.04 Å². The molecule has 2 fully saturated rings. The van der Waals surface area contributed by atoms with E-state index in [9.17, 15) is 0 Å². The van der Waals surface area contributed by atoms with Crippen LogP contribution >= 0.6 is 11.3 Å². The number of rotatable bonds is 7. The third-order valence-electron chi connectivity index (χ3n) is 5.77. The molecule has 4 rings (SSSR count). The number of methoxy groups -OCH3 is 1. The number of nitrogens with zero attached hydrogens (tertiary/aromatic N) is 4. The Morgan fingerprint density at radius 3 is 2.87 bits per heavy atom. The second kappa shape index (κ2) is 10.0. The van der Waals surface area contributed by atoms with E-state index in [0.717, 1.165) is 68.7 Å². The first-order valence-corrected chi connectivity index (χ1v) is 11.7. The van der Waals surface area contributed by atoms with Crippen LogP contribution < -0.4 is 25.2 Å². The number of hydrogen-bond donors (Lipinski definition) is 2. The molecule has 0 aliphatic carbocycles. The lowest BCUT2D eigenvalue weighted by atomic mass is 10.2. The molecule has 30 heavy (non-hydrogen) atoms. The standard InChI is InChI=1S/C22H32N6OS/c1-23-21(24-11-9-18-16-30-22(26-18)27-12-5-6-13-27)25-17-10-14-28(15-17)19-7-3-4-8-20(19)29-2/h3-4,7-8,16-17H,5-6,9-15H2,1-2H3,(H2,23,24,25). The van der Waals surface area contributed by atoms with Crippen LogP contribution in [0.5, 0.6) is 5.75 Å². The lowest BCUT2D eigenvalue weighted by molar-refractivity contribution is 0.415. The quantitative estimate of drug-likeness (QED) is 0.522. The highest BCUT2D eigenvalue weighted by Crippen LogP contribution is 2.30. The van der Waals surface area contributed by atoms with E-state index in [1.807, 2.05) is 19.2 Å². The van der Waals surface area contributed by atoms with Gasteiger partial charge in [-0.1, -0.05) is 12.1 Å². The number of ether oxygens (including phenoxy) is 1. The van der Waals surface area contributed by atoms with Crippen molar-refractivity contribution in [2.75, 3.05) is 56.7 Å². The molecule has 0 saturated carbocycles. The third kappa shape index (κ3) is 4.98.